The lowest BCUT2D eigenvalue weighted by atomic mass is 10.1. The van der Waals surface area contributed by atoms with Crippen LogP contribution in [0.1, 0.15) is 30.9 Å². The summed E-state index contributed by atoms with van der Waals surface area (Å²) >= 11 is 3.48. The Morgan fingerprint density at radius 3 is 2.66 bits per heavy atom. The van der Waals surface area contributed by atoms with E-state index in [4.69, 9.17) is 18.9 Å². The number of methoxy groups -OCH3 is 1. The van der Waals surface area contributed by atoms with Crippen molar-refractivity contribution in [1.29, 1.82) is 0 Å². The Labute approximate surface area is 178 Å². The van der Waals surface area contributed by atoms with Crippen molar-refractivity contribution >= 4 is 27.5 Å². The third-order valence-corrected chi connectivity index (χ3v) is 5.64. The average molecular weight is 462 g/mol. The van der Waals surface area contributed by atoms with E-state index in [2.05, 4.69) is 22.9 Å². The van der Waals surface area contributed by atoms with Crippen molar-refractivity contribution < 1.29 is 23.7 Å². The third-order valence-electron chi connectivity index (χ3n) is 5.15. The van der Waals surface area contributed by atoms with Gasteiger partial charge in [0.1, 0.15) is 0 Å². The van der Waals surface area contributed by atoms with Gasteiger partial charge in [0.25, 0.3) is 11.7 Å². The molecule has 1 saturated heterocycles. The van der Waals surface area contributed by atoms with Crippen LogP contribution in [0.25, 0.3) is 0 Å². The molecule has 154 valence electrons. The number of carbonyl (C=O) groups is 1. The topological polar surface area (TPSA) is 57.2 Å². The van der Waals surface area contributed by atoms with Gasteiger partial charge in [0.2, 0.25) is 0 Å². The number of carbonyl (C=O) groups excluding carboxylic acids is 1. The maximum atomic E-state index is 13.3. The lowest BCUT2D eigenvalue weighted by molar-refractivity contribution is -0.180. The Hall–Kier alpha value is -2.09. The second kappa shape index (κ2) is 8.34. The highest BCUT2D eigenvalue weighted by Gasteiger charge is 2.56. The highest BCUT2D eigenvalue weighted by molar-refractivity contribution is 9.10. The molecule has 1 spiro atoms. The molecule has 7 heteroatoms. The van der Waals surface area contributed by atoms with E-state index in [1.807, 2.05) is 36.4 Å². The van der Waals surface area contributed by atoms with Gasteiger partial charge < -0.3 is 23.8 Å². The van der Waals surface area contributed by atoms with E-state index < -0.39 is 5.79 Å². The van der Waals surface area contributed by atoms with Gasteiger partial charge in [-0.1, -0.05) is 35.3 Å². The molecule has 0 aromatic heterocycles. The van der Waals surface area contributed by atoms with E-state index in [1.54, 1.807) is 12.0 Å². The molecule has 4 rings (SSSR count). The second-order valence-electron chi connectivity index (χ2n) is 7.05. The third kappa shape index (κ3) is 3.63. The SMILES string of the molecule is CCCCOc1ccc(CN2C(=O)C3(OCCO3)c3cc(Br)ccc32)cc1OC. The smallest absolute Gasteiger partial charge is 0.292 e. The van der Waals surface area contributed by atoms with Crippen molar-refractivity contribution in [2.24, 2.45) is 0 Å². The monoisotopic (exact) mass is 461 g/mol. The van der Waals surface area contributed by atoms with Crippen molar-refractivity contribution in [3.05, 3.63) is 52.0 Å². The van der Waals surface area contributed by atoms with Gasteiger partial charge in [-0.2, -0.15) is 0 Å². The zero-order valence-corrected chi connectivity index (χ0v) is 18.2. The van der Waals surface area contributed by atoms with E-state index in [1.165, 1.54) is 0 Å². The average Bonchev–Trinajstić information content (AvgIpc) is 3.30. The molecule has 29 heavy (non-hydrogen) atoms. The molecule has 0 atom stereocenters. The number of anilines is 1. The molecule has 2 aromatic rings. The Morgan fingerprint density at radius 1 is 1.14 bits per heavy atom. The van der Waals surface area contributed by atoms with Crippen LogP contribution in [0.4, 0.5) is 5.69 Å². The number of amides is 1. The van der Waals surface area contributed by atoms with Crippen LogP contribution in [0.15, 0.2) is 40.9 Å². The number of benzene rings is 2. The zero-order chi connectivity index (χ0) is 20.4. The standard InChI is InChI=1S/C22H24BrNO5/c1-3-4-9-27-19-8-5-15(12-20(19)26-2)14-24-18-7-6-16(23)13-17(18)22(21(24)25)28-10-11-29-22/h5-8,12-13H,3-4,9-11,14H2,1-2H3. The minimum absolute atomic E-state index is 0.203. The number of nitrogens with zero attached hydrogens (tertiary/aromatic N) is 1. The van der Waals surface area contributed by atoms with Crippen molar-refractivity contribution in [3.63, 3.8) is 0 Å². The van der Waals surface area contributed by atoms with Crippen molar-refractivity contribution in [2.45, 2.75) is 32.1 Å². The molecule has 0 radical (unpaired) electrons. The zero-order valence-electron chi connectivity index (χ0n) is 16.6. The van der Waals surface area contributed by atoms with E-state index in [0.717, 1.165) is 34.1 Å². The first kappa shape index (κ1) is 20.2. The maximum Gasteiger partial charge on any atom is 0.292 e. The van der Waals surface area contributed by atoms with Crippen molar-refractivity contribution in [2.75, 3.05) is 31.8 Å². The summed E-state index contributed by atoms with van der Waals surface area (Å²) in [7, 11) is 1.62. The molecule has 2 aromatic carbocycles. The molecule has 2 heterocycles. The van der Waals surface area contributed by atoms with E-state index in [9.17, 15) is 4.79 Å². The summed E-state index contributed by atoms with van der Waals surface area (Å²) in [5.74, 6) is -0.178. The van der Waals surface area contributed by atoms with Gasteiger partial charge in [-0.05, 0) is 42.3 Å². The molecule has 0 N–H and O–H groups in total. The highest BCUT2D eigenvalue weighted by Crippen LogP contribution is 2.47. The normalized spacial score (nSPS) is 17.1. The van der Waals surface area contributed by atoms with Crippen LogP contribution in [0.3, 0.4) is 0 Å². The Bertz CT molecular complexity index is 910. The van der Waals surface area contributed by atoms with Gasteiger partial charge in [0, 0.05) is 10.0 Å². The van der Waals surface area contributed by atoms with Gasteiger partial charge in [0.15, 0.2) is 11.5 Å². The number of halogens is 1. The van der Waals surface area contributed by atoms with Crippen LogP contribution in [0.5, 0.6) is 11.5 Å². The Morgan fingerprint density at radius 2 is 1.93 bits per heavy atom. The Balaban J connectivity index is 1.62. The fraction of sp³-hybridized carbons (Fsp3) is 0.409. The van der Waals surface area contributed by atoms with Crippen LogP contribution >= 0.6 is 15.9 Å². The molecule has 1 fully saturated rings. The first-order valence-corrected chi connectivity index (χ1v) is 10.6. The molecule has 0 bridgehead atoms. The summed E-state index contributed by atoms with van der Waals surface area (Å²) in [6.07, 6.45) is 2.06. The van der Waals surface area contributed by atoms with Crippen LogP contribution in [-0.4, -0.2) is 32.8 Å². The van der Waals surface area contributed by atoms with Crippen LogP contribution in [0.2, 0.25) is 0 Å². The first-order valence-electron chi connectivity index (χ1n) is 9.78. The minimum Gasteiger partial charge on any atom is -0.493 e. The maximum absolute atomic E-state index is 13.3. The number of rotatable bonds is 7. The van der Waals surface area contributed by atoms with Gasteiger partial charge in [-0.3, -0.25) is 4.79 Å². The van der Waals surface area contributed by atoms with Crippen LogP contribution < -0.4 is 14.4 Å². The molecule has 2 aliphatic rings. The molecule has 0 saturated carbocycles. The van der Waals surface area contributed by atoms with Gasteiger partial charge >= 0.3 is 0 Å². The molecule has 6 nitrogen and oxygen atoms in total. The first-order chi connectivity index (χ1) is 14.1. The fourth-order valence-corrected chi connectivity index (χ4v) is 4.06. The predicted octanol–water partition coefficient (Wildman–Crippen LogP) is 4.38. The van der Waals surface area contributed by atoms with Crippen molar-refractivity contribution in [1.82, 2.24) is 0 Å². The van der Waals surface area contributed by atoms with E-state index in [0.29, 0.717) is 37.9 Å². The van der Waals surface area contributed by atoms with Crippen molar-refractivity contribution in [3.8, 4) is 11.5 Å². The van der Waals surface area contributed by atoms with E-state index in [-0.39, 0.29) is 5.91 Å². The lowest BCUT2D eigenvalue weighted by Crippen LogP contribution is -2.40. The summed E-state index contributed by atoms with van der Waals surface area (Å²) in [6.45, 7) is 3.94. The largest absolute Gasteiger partial charge is 0.493 e. The molecule has 0 unspecified atom stereocenters. The number of hydrogen-bond acceptors (Lipinski definition) is 5. The molecule has 1 amide bonds. The number of ether oxygens (including phenoxy) is 4. The molecule has 2 aliphatic heterocycles. The molecular weight excluding hydrogens is 438 g/mol. The molecule has 0 aliphatic carbocycles. The molecular formula is C22H24BrNO5. The minimum atomic E-state index is -1.34. The van der Waals surface area contributed by atoms with Gasteiger partial charge in [0.05, 0.1) is 39.2 Å². The second-order valence-corrected chi connectivity index (χ2v) is 7.97. The summed E-state index contributed by atoms with van der Waals surface area (Å²) in [5.41, 5.74) is 2.46. The Kier molecular flexibility index (Phi) is 5.81. The number of fused-ring (bicyclic) bond motifs is 2. The lowest BCUT2D eigenvalue weighted by Gasteiger charge is -2.22. The van der Waals surface area contributed by atoms with Gasteiger partial charge in [-0.25, -0.2) is 0 Å². The fourth-order valence-electron chi connectivity index (χ4n) is 3.70. The predicted molar refractivity (Wildman–Crippen MR) is 112 cm³/mol. The summed E-state index contributed by atoms with van der Waals surface area (Å²) in [5, 5.41) is 0. The van der Waals surface area contributed by atoms with E-state index >= 15 is 0 Å². The van der Waals surface area contributed by atoms with Crippen LogP contribution in [-0.2, 0) is 26.6 Å². The van der Waals surface area contributed by atoms with Gasteiger partial charge in [-0.15, -0.1) is 0 Å². The van der Waals surface area contributed by atoms with Crippen LogP contribution in [0, 0.1) is 0 Å². The summed E-state index contributed by atoms with van der Waals surface area (Å²) in [4.78, 5) is 15.0. The quantitative estimate of drug-likeness (QED) is 0.572. The number of unbranched alkanes of at least 4 members (excludes halogenated alkanes) is 1. The summed E-state index contributed by atoms with van der Waals surface area (Å²) in [6, 6.07) is 11.5. The summed E-state index contributed by atoms with van der Waals surface area (Å²) < 4.78 is 23.8. The highest BCUT2D eigenvalue weighted by atomic mass is 79.9. The number of hydrogen-bond donors (Lipinski definition) is 0.